The Labute approximate surface area is 113 Å². The highest BCUT2D eigenvalue weighted by Crippen LogP contribution is 2.34. The molecule has 0 bridgehead atoms. The number of amides is 1. The molecular formula is C14H20N2O3. The molecule has 1 aliphatic heterocycles. The smallest absolute Gasteiger partial charge is 0.244 e. The summed E-state index contributed by atoms with van der Waals surface area (Å²) in [5.74, 6) is 1.33. The van der Waals surface area contributed by atoms with Gasteiger partial charge in [-0.1, -0.05) is 0 Å². The summed E-state index contributed by atoms with van der Waals surface area (Å²) < 4.78 is 10.6. The minimum Gasteiger partial charge on any atom is -0.497 e. The van der Waals surface area contributed by atoms with Crippen molar-refractivity contribution >= 4 is 5.91 Å². The SMILES string of the molecule is COc1ccc(OC)c(C2(C)NCCCNC2=O)c1. The highest BCUT2D eigenvalue weighted by molar-refractivity contribution is 5.88. The van der Waals surface area contributed by atoms with Crippen molar-refractivity contribution in [2.24, 2.45) is 0 Å². The Morgan fingerprint density at radius 1 is 1.21 bits per heavy atom. The van der Waals surface area contributed by atoms with E-state index in [1.807, 2.05) is 25.1 Å². The molecule has 5 heteroatoms. The zero-order valence-corrected chi connectivity index (χ0v) is 11.6. The zero-order valence-electron chi connectivity index (χ0n) is 11.6. The van der Waals surface area contributed by atoms with Crippen molar-refractivity contribution in [2.45, 2.75) is 18.9 Å². The first-order chi connectivity index (χ1) is 9.11. The summed E-state index contributed by atoms with van der Waals surface area (Å²) in [4.78, 5) is 12.3. The molecule has 1 fully saturated rings. The van der Waals surface area contributed by atoms with Gasteiger partial charge in [-0.3, -0.25) is 10.1 Å². The summed E-state index contributed by atoms with van der Waals surface area (Å²) in [6.07, 6.45) is 0.910. The van der Waals surface area contributed by atoms with Crippen LogP contribution in [0.1, 0.15) is 18.9 Å². The molecule has 2 rings (SSSR count). The van der Waals surface area contributed by atoms with Gasteiger partial charge in [0.05, 0.1) is 14.2 Å². The number of carbonyl (C=O) groups is 1. The number of ether oxygens (including phenoxy) is 2. The van der Waals surface area contributed by atoms with Gasteiger partial charge in [0.25, 0.3) is 0 Å². The predicted molar refractivity (Wildman–Crippen MR) is 72.5 cm³/mol. The zero-order chi connectivity index (χ0) is 13.9. The van der Waals surface area contributed by atoms with E-state index in [4.69, 9.17) is 9.47 Å². The van der Waals surface area contributed by atoms with Gasteiger partial charge in [0.2, 0.25) is 5.91 Å². The summed E-state index contributed by atoms with van der Waals surface area (Å²) in [7, 11) is 3.21. The number of hydrogen-bond donors (Lipinski definition) is 2. The Hall–Kier alpha value is -1.75. The summed E-state index contributed by atoms with van der Waals surface area (Å²) in [5, 5.41) is 6.23. The fraction of sp³-hybridized carbons (Fsp3) is 0.500. The van der Waals surface area contributed by atoms with Gasteiger partial charge in [0.15, 0.2) is 0 Å². The van der Waals surface area contributed by atoms with E-state index in [1.165, 1.54) is 0 Å². The fourth-order valence-electron chi connectivity index (χ4n) is 2.31. The third-order valence-electron chi connectivity index (χ3n) is 3.52. The van der Waals surface area contributed by atoms with Gasteiger partial charge in [-0.25, -0.2) is 0 Å². The number of methoxy groups -OCH3 is 2. The molecule has 1 saturated heterocycles. The Morgan fingerprint density at radius 2 is 2.00 bits per heavy atom. The first-order valence-electron chi connectivity index (χ1n) is 6.37. The quantitative estimate of drug-likeness (QED) is 0.856. The van der Waals surface area contributed by atoms with Gasteiger partial charge in [-0.2, -0.15) is 0 Å². The molecule has 0 aromatic heterocycles. The number of rotatable bonds is 3. The lowest BCUT2D eigenvalue weighted by molar-refractivity contribution is -0.126. The van der Waals surface area contributed by atoms with E-state index in [2.05, 4.69) is 10.6 Å². The van der Waals surface area contributed by atoms with Crippen molar-refractivity contribution < 1.29 is 14.3 Å². The Balaban J connectivity index is 2.50. The predicted octanol–water partition coefficient (Wildman–Crippen LogP) is 1.03. The van der Waals surface area contributed by atoms with Crippen LogP contribution in [0, 0.1) is 0 Å². The highest BCUT2D eigenvalue weighted by atomic mass is 16.5. The Kier molecular flexibility index (Phi) is 3.95. The maximum absolute atomic E-state index is 12.3. The van der Waals surface area contributed by atoms with Gasteiger partial charge in [0.1, 0.15) is 17.0 Å². The molecular weight excluding hydrogens is 244 g/mol. The van der Waals surface area contributed by atoms with E-state index in [9.17, 15) is 4.79 Å². The lowest BCUT2D eigenvalue weighted by atomic mass is 9.90. The number of nitrogens with one attached hydrogen (secondary N) is 2. The van der Waals surface area contributed by atoms with Crippen LogP contribution in [-0.4, -0.2) is 33.2 Å². The van der Waals surface area contributed by atoms with Gasteiger partial charge in [0, 0.05) is 12.1 Å². The largest absolute Gasteiger partial charge is 0.497 e. The molecule has 104 valence electrons. The molecule has 1 atom stereocenters. The maximum atomic E-state index is 12.3. The van der Waals surface area contributed by atoms with Gasteiger partial charge in [-0.05, 0) is 38.1 Å². The van der Waals surface area contributed by atoms with Crippen molar-refractivity contribution in [3.05, 3.63) is 23.8 Å². The lowest BCUT2D eigenvalue weighted by Crippen LogP contribution is -2.50. The standard InChI is InChI=1S/C14H20N2O3/c1-14(13(17)15-7-4-8-16-14)11-9-10(18-2)5-6-12(11)19-3/h5-6,9,16H,4,7-8H2,1-3H3,(H,15,17). The lowest BCUT2D eigenvalue weighted by Gasteiger charge is -2.29. The van der Waals surface area contributed by atoms with Crippen molar-refractivity contribution in [1.29, 1.82) is 0 Å². The van der Waals surface area contributed by atoms with Crippen LogP contribution in [0.4, 0.5) is 0 Å². The first kappa shape index (κ1) is 13.7. The molecule has 19 heavy (non-hydrogen) atoms. The van der Waals surface area contributed by atoms with Crippen LogP contribution >= 0.6 is 0 Å². The van der Waals surface area contributed by atoms with E-state index in [-0.39, 0.29) is 5.91 Å². The normalized spacial score (nSPS) is 23.4. The average Bonchev–Trinajstić information content (AvgIpc) is 2.61. The van der Waals surface area contributed by atoms with E-state index < -0.39 is 5.54 Å². The Bertz CT molecular complexity index is 476. The van der Waals surface area contributed by atoms with E-state index in [0.29, 0.717) is 18.0 Å². The minimum atomic E-state index is -0.809. The third kappa shape index (κ3) is 2.51. The minimum absolute atomic E-state index is 0.0449. The Morgan fingerprint density at radius 3 is 2.68 bits per heavy atom. The molecule has 1 amide bonds. The van der Waals surface area contributed by atoms with Crippen LogP contribution in [0.3, 0.4) is 0 Å². The molecule has 1 heterocycles. The highest BCUT2D eigenvalue weighted by Gasteiger charge is 2.38. The van der Waals surface area contributed by atoms with Crippen LogP contribution in [0.25, 0.3) is 0 Å². The maximum Gasteiger partial charge on any atom is 0.244 e. The number of benzene rings is 1. The molecule has 0 aliphatic carbocycles. The van der Waals surface area contributed by atoms with Crippen molar-refractivity contribution in [3.8, 4) is 11.5 Å². The molecule has 0 saturated carbocycles. The molecule has 1 aromatic carbocycles. The van der Waals surface area contributed by atoms with Gasteiger partial charge >= 0.3 is 0 Å². The summed E-state index contributed by atoms with van der Waals surface area (Å²) in [5.41, 5.74) is -0.0233. The van der Waals surface area contributed by atoms with Crippen LogP contribution in [0.15, 0.2) is 18.2 Å². The average molecular weight is 264 g/mol. The van der Waals surface area contributed by atoms with Crippen LogP contribution < -0.4 is 20.1 Å². The number of hydrogen-bond acceptors (Lipinski definition) is 4. The van der Waals surface area contributed by atoms with Crippen LogP contribution in [0.5, 0.6) is 11.5 Å². The molecule has 2 N–H and O–H groups in total. The molecule has 5 nitrogen and oxygen atoms in total. The summed E-state index contributed by atoms with van der Waals surface area (Å²) in [6, 6.07) is 5.48. The second kappa shape index (κ2) is 5.48. The summed E-state index contributed by atoms with van der Waals surface area (Å²) in [6.45, 7) is 3.33. The van der Waals surface area contributed by atoms with Crippen molar-refractivity contribution in [1.82, 2.24) is 10.6 Å². The topological polar surface area (TPSA) is 59.6 Å². The van der Waals surface area contributed by atoms with Gasteiger partial charge < -0.3 is 14.8 Å². The second-order valence-electron chi connectivity index (χ2n) is 4.73. The molecule has 1 aromatic rings. The first-order valence-corrected chi connectivity index (χ1v) is 6.37. The van der Waals surface area contributed by atoms with Gasteiger partial charge in [-0.15, -0.1) is 0 Å². The second-order valence-corrected chi connectivity index (χ2v) is 4.73. The monoisotopic (exact) mass is 264 g/mol. The summed E-state index contributed by atoms with van der Waals surface area (Å²) >= 11 is 0. The van der Waals surface area contributed by atoms with Crippen molar-refractivity contribution in [3.63, 3.8) is 0 Å². The van der Waals surface area contributed by atoms with Crippen LogP contribution in [0.2, 0.25) is 0 Å². The molecule has 1 unspecified atom stereocenters. The van der Waals surface area contributed by atoms with E-state index >= 15 is 0 Å². The molecule has 1 aliphatic rings. The van der Waals surface area contributed by atoms with Crippen molar-refractivity contribution in [2.75, 3.05) is 27.3 Å². The number of carbonyl (C=O) groups excluding carboxylic acids is 1. The molecule has 0 spiro atoms. The van der Waals surface area contributed by atoms with Crippen LogP contribution in [-0.2, 0) is 10.3 Å². The fourth-order valence-corrected chi connectivity index (χ4v) is 2.31. The molecule has 0 radical (unpaired) electrons. The third-order valence-corrected chi connectivity index (χ3v) is 3.52. The van der Waals surface area contributed by atoms with E-state index in [1.54, 1.807) is 14.2 Å². The van der Waals surface area contributed by atoms with E-state index in [0.717, 1.165) is 18.5 Å².